The summed E-state index contributed by atoms with van der Waals surface area (Å²) in [5.41, 5.74) is -0.322. The molecule has 2 aliphatic rings. The third-order valence-corrected chi connectivity index (χ3v) is 5.18. The van der Waals surface area contributed by atoms with E-state index in [4.69, 9.17) is 0 Å². The fourth-order valence-corrected chi connectivity index (χ4v) is 3.71. The summed E-state index contributed by atoms with van der Waals surface area (Å²) in [4.78, 5) is 48.0. The number of carbonyl (C=O) groups excluding carboxylic acids is 3. The summed E-state index contributed by atoms with van der Waals surface area (Å²) in [5.74, 6) is -0.411. The van der Waals surface area contributed by atoms with Gasteiger partial charge in [0, 0.05) is 24.7 Å². The van der Waals surface area contributed by atoms with Crippen LogP contribution < -0.4 is 10.6 Å². The standard InChI is InChI=1S/C18H22N4O5/c1-12(23)13-5-6-14(15(11-13)22(26)27)19-9-4-10-21-16(24)18(20-17(21)25)7-2-3-8-18/h5-6,11,19H,2-4,7-10H2,1H3,(H,20,25). The molecule has 1 aliphatic heterocycles. The number of nitrogens with one attached hydrogen (secondary N) is 2. The summed E-state index contributed by atoms with van der Waals surface area (Å²) >= 11 is 0. The summed E-state index contributed by atoms with van der Waals surface area (Å²) in [6, 6.07) is 3.90. The van der Waals surface area contributed by atoms with Crippen molar-refractivity contribution in [2.75, 3.05) is 18.4 Å². The number of hydrogen-bond donors (Lipinski definition) is 2. The van der Waals surface area contributed by atoms with Crippen LogP contribution in [-0.2, 0) is 4.79 Å². The number of hydrogen-bond acceptors (Lipinski definition) is 6. The Morgan fingerprint density at radius 3 is 2.67 bits per heavy atom. The smallest absolute Gasteiger partial charge is 0.325 e. The summed E-state index contributed by atoms with van der Waals surface area (Å²) in [6.07, 6.45) is 3.69. The van der Waals surface area contributed by atoms with Crippen LogP contribution in [0.1, 0.15) is 49.4 Å². The highest BCUT2D eigenvalue weighted by Gasteiger charge is 2.51. The number of urea groups is 1. The first-order valence-corrected chi connectivity index (χ1v) is 9.01. The number of nitro benzene ring substituents is 1. The molecule has 9 nitrogen and oxygen atoms in total. The molecule has 0 atom stereocenters. The predicted molar refractivity (Wildman–Crippen MR) is 97.7 cm³/mol. The van der Waals surface area contributed by atoms with Gasteiger partial charge in [0.05, 0.1) is 4.92 Å². The van der Waals surface area contributed by atoms with Crippen LogP contribution in [0.3, 0.4) is 0 Å². The maximum absolute atomic E-state index is 12.5. The van der Waals surface area contributed by atoms with Crippen LogP contribution in [0.25, 0.3) is 0 Å². The maximum Gasteiger partial charge on any atom is 0.325 e. The fourth-order valence-electron chi connectivity index (χ4n) is 3.71. The number of nitrogens with zero attached hydrogens (tertiary/aromatic N) is 2. The number of rotatable bonds is 7. The first-order chi connectivity index (χ1) is 12.8. The molecule has 0 unspecified atom stereocenters. The van der Waals surface area contributed by atoms with Gasteiger partial charge >= 0.3 is 6.03 Å². The molecule has 0 bridgehead atoms. The third kappa shape index (κ3) is 3.62. The Bertz CT molecular complexity index is 801. The lowest BCUT2D eigenvalue weighted by Crippen LogP contribution is -2.44. The molecular weight excluding hydrogens is 352 g/mol. The third-order valence-electron chi connectivity index (χ3n) is 5.18. The van der Waals surface area contributed by atoms with E-state index in [0.717, 1.165) is 12.8 Å². The quantitative estimate of drug-likeness (QED) is 0.249. The minimum atomic E-state index is -0.716. The van der Waals surface area contributed by atoms with E-state index in [-0.39, 0.29) is 35.5 Å². The Morgan fingerprint density at radius 1 is 1.33 bits per heavy atom. The molecule has 3 rings (SSSR count). The van der Waals surface area contributed by atoms with Crippen molar-refractivity contribution < 1.29 is 19.3 Å². The molecule has 1 saturated carbocycles. The van der Waals surface area contributed by atoms with E-state index in [1.807, 2.05) is 0 Å². The summed E-state index contributed by atoms with van der Waals surface area (Å²) in [7, 11) is 0. The molecule has 9 heteroatoms. The van der Waals surface area contributed by atoms with Crippen molar-refractivity contribution in [3.63, 3.8) is 0 Å². The van der Waals surface area contributed by atoms with Gasteiger partial charge in [0.15, 0.2) is 5.78 Å². The van der Waals surface area contributed by atoms with Gasteiger partial charge in [-0.3, -0.25) is 24.6 Å². The lowest BCUT2D eigenvalue weighted by atomic mass is 9.98. The van der Waals surface area contributed by atoms with Gasteiger partial charge in [-0.25, -0.2) is 4.79 Å². The number of anilines is 1. The lowest BCUT2D eigenvalue weighted by Gasteiger charge is -2.20. The highest BCUT2D eigenvalue weighted by atomic mass is 16.6. The molecule has 1 spiro atoms. The van der Waals surface area contributed by atoms with E-state index in [1.165, 1.54) is 30.0 Å². The number of benzene rings is 1. The predicted octanol–water partition coefficient (Wildman–Crippen LogP) is 2.46. The molecule has 144 valence electrons. The van der Waals surface area contributed by atoms with Crippen LogP contribution >= 0.6 is 0 Å². The highest BCUT2D eigenvalue weighted by Crippen LogP contribution is 2.35. The normalized spacial score (nSPS) is 18.0. The SMILES string of the molecule is CC(=O)c1ccc(NCCCN2C(=O)NC3(CCCC3)C2=O)c([N+](=O)[O-])c1. The zero-order valence-corrected chi connectivity index (χ0v) is 15.1. The molecule has 1 heterocycles. The minimum Gasteiger partial charge on any atom is -0.379 e. The molecule has 2 fully saturated rings. The second-order valence-electron chi connectivity index (χ2n) is 7.00. The number of ketones is 1. The minimum absolute atomic E-state index is 0.165. The van der Waals surface area contributed by atoms with E-state index in [1.54, 1.807) is 0 Å². The Morgan fingerprint density at radius 2 is 2.04 bits per heavy atom. The van der Waals surface area contributed by atoms with E-state index < -0.39 is 10.5 Å². The van der Waals surface area contributed by atoms with Crippen molar-refractivity contribution in [1.29, 1.82) is 0 Å². The van der Waals surface area contributed by atoms with Gasteiger partial charge in [-0.05, 0) is 38.3 Å². The number of carbonyl (C=O) groups is 3. The molecule has 0 radical (unpaired) electrons. The molecule has 0 aromatic heterocycles. The molecular formula is C18H22N4O5. The highest BCUT2D eigenvalue weighted by molar-refractivity contribution is 6.07. The average Bonchev–Trinajstić information content (AvgIpc) is 3.18. The van der Waals surface area contributed by atoms with Gasteiger partial charge in [0.2, 0.25) is 0 Å². The molecule has 1 aromatic rings. The van der Waals surface area contributed by atoms with Crippen molar-refractivity contribution >= 4 is 29.1 Å². The lowest BCUT2D eigenvalue weighted by molar-refractivity contribution is -0.384. The number of amides is 3. The van der Waals surface area contributed by atoms with Crippen LogP contribution in [0.15, 0.2) is 18.2 Å². The fraction of sp³-hybridized carbons (Fsp3) is 0.500. The zero-order valence-electron chi connectivity index (χ0n) is 15.1. The Kier molecular flexibility index (Phi) is 5.11. The van der Waals surface area contributed by atoms with Crippen LogP contribution in [0.2, 0.25) is 0 Å². The maximum atomic E-state index is 12.5. The van der Waals surface area contributed by atoms with Gasteiger partial charge in [-0.2, -0.15) is 0 Å². The average molecular weight is 374 g/mol. The van der Waals surface area contributed by atoms with Gasteiger partial charge in [0.1, 0.15) is 11.2 Å². The van der Waals surface area contributed by atoms with Crippen LogP contribution in [0.4, 0.5) is 16.2 Å². The van der Waals surface area contributed by atoms with Crippen LogP contribution in [0, 0.1) is 10.1 Å². The molecule has 1 aromatic carbocycles. The van der Waals surface area contributed by atoms with Crippen molar-refractivity contribution in [1.82, 2.24) is 10.2 Å². The van der Waals surface area contributed by atoms with E-state index >= 15 is 0 Å². The molecule has 1 aliphatic carbocycles. The van der Waals surface area contributed by atoms with Gasteiger partial charge in [-0.1, -0.05) is 12.8 Å². The van der Waals surface area contributed by atoms with Crippen LogP contribution in [-0.4, -0.2) is 46.2 Å². The largest absolute Gasteiger partial charge is 0.379 e. The van der Waals surface area contributed by atoms with Crippen molar-refractivity contribution in [2.24, 2.45) is 0 Å². The number of imide groups is 1. The second kappa shape index (κ2) is 7.34. The van der Waals surface area contributed by atoms with E-state index in [2.05, 4.69) is 10.6 Å². The van der Waals surface area contributed by atoms with Crippen molar-refractivity contribution in [3.05, 3.63) is 33.9 Å². The van der Waals surface area contributed by atoms with Gasteiger partial charge < -0.3 is 10.6 Å². The first kappa shape index (κ1) is 18.8. The van der Waals surface area contributed by atoms with Crippen LogP contribution in [0.5, 0.6) is 0 Å². The molecule has 3 amide bonds. The van der Waals surface area contributed by atoms with Crippen molar-refractivity contribution in [3.8, 4) is 0 Å². The van der Waals surface area contributed by atoms with Gasteiger partial charge in [0.25, 0.3) is 11.6 Å². The molecule has 27 heavy (non-hydrogen) atoms. The monoisotopic (exact) mass is 374 g/mol. The molecule has 1 saturated heterocycles. The first-order valence-electron chi connectivity index (χ1n) is 9.01. The summed E-state index contributed by atoms with van der Waals surface area (Å²) in [5, 5.41) is 17.0. The van der Waals surface area contributed by atoms with Gasteiger partial charge in [-0.15, -0.1) is 0 Å². The Labute approximate surface area is 156 Å². The Balaban J connectivity index is 1.58. The van der Waals surface area contributed by atoms with Crippen molar-refractivity contribution in [2.45, 2.75) is 44.6 Å². The number of nitro groups is 1. The second-order valence-corrected chi connectivity index (χ2v) is 7.00. The Hall–Kier alpha value is -2.97. The zero-order chi connectivity index (χ0) is 19.6. The van der Waals surface area contributed by atoms with E-state index in [0.29, 0.717) is 31.5 Å². The summed E-state index contributed by atoms with van der Waals surface area (Å²) < 4.78 is 0. The molecule has 2 N–H and O–H groups in total. The van der Waals surface area contributed by atoms with E-state index in [9.17, 15) is 24.5 Å². The topological polar surface area (TPSA) is 122 Å². The summed E-state index contributed by atoms with van der Waals surface area (Å²) in [6.45, 7) is 1.95. The number of Topliss-reactive ketones (excluding diaryl/α,β-unsaturated/α-hetero) is 1.